The van der Waals surface area contributed by atoms with Gasteiger partial charge in [0.1, 0.15) is 11.6 Å². The lowest BCUT2D eigenvalue weighted by Crippen LogP contribution is -2.28. The van der Waals surface area contributed by atoms with Gasteiger partial charge in [-0.15, -0.1) is 0 Å². The fourth-order valence-corrected chi connectivity index (χ4v) is 5.46. The minimum absolute atomic E-state index is 0.0693. The van der Waals surface area contributed by atoms with Gasteiger partial charge in [0.05, 0.1) is 12.1 Å². The van der Waals surface area contributed by atoms with Crippen molar-refractivity contribution in [2.24, 2.45) is 5.92 Å². The van der Waals surface area contributed by atoms with E-state index in [1.165, 1.54) is 31.2 Å². The number of carbonyl (C=O) groups is 1. The Morgan fingerprint density at radius 1 is 1.00 bits per heavy atom. The number of para-hydroxylation sites is 1. The van der Waals surface area contributed by atoms with Gasteiger partial charge < -0.3 is 0 Å². The smallest absolute Gasteiger partial charge is 0.143 e. The summed E-state index contributed by atoms with van der Waals surface area (Å²) in [6.45, 7) is 6.90. The third-order valence-corrected chi connectivity index (χ3v) is 7.02. The summed E-state index contributed by atoms with van der Waals surface area (Å²) >= 11 is 0. The lowest BCUT2D eigenvalue weighted by molar-refractivity contribution is -0.121. The van der Waals surface area contributed by atoms with Crippen LogP contribution >= 0.6 is 0 Å². The molecule has 0 aliphatic heterocycles. The van der Waals surface area contributed by atoms with Gasteiger partial charge >= 0.3 is 0 Å². The summed E-state index contributed by atoms with van der Waals surface area (Å²) in [5.41, 5.74) is 3.25. The second-order valence-corrected chi connectivity index (χ2v) is 9.52. The summed E-state index contributed by atoms with van der Waals surface area (Å²) in [6, 6.07) is 18.7. The van der Waals surface area contributed by atoms with Crippen LogP contribution in [0.1, 0.15) is 74.9 Å². The molecule has 1 aliphatic carbocycles. The lowest BCUT2D eigenvalue weighted by atomic mass is 9.80. The second kappa shape index (κ2) is 11.5. The van der Waals surface area contributed by atoms with Crippen LogP contribution in [-0.2, 0) is 11.3 Å². The van der Waals surface area contributed by atoms with Crippen molar-refractivity contribution in [3.8, 4) is 0 Å². The number of carbonyl (C=O) groups excluding carboxylic acids is 1. The number of hydrogen-bond donors (Lipinski definition) is 0. The molecular formula is C29H37N3O. The number of benzene rings is 2. The Balaban J connectivity index is 1.39. The first-order chi connectivity index (χ1) is 16.2. The molecule has 0 saturated heterocycles. The van der Waals surface area contributed by atoms with E-state index in [-0.39, 0.29) is 5.92 Å². The number of fused-ring (bicyclic) bond motifs is 1. The van der Waals surface area contributed by atoms with Crippen LogP contribution in [0.3, 0.4) is 0 Å². The van der Waals surface area contributed by atoms with Crippen molar-refractivity contribution in [1.82, 2.24) is 14.9 Å². The van der Waals surface area contributed by atoms with Gasteiger partial charge in [0, 0.05) is 23.4 Å². The standard InChI is InChI=1S/C29H37N3O/c1-3-19-32(21-28-30-22(2)25-16-9-10-17-26(25)31-28)20-11-18-27(33)29(24-14-7-8-15-24)23-12-5-4-6-13-23/h4-6,9-10,12-13,16-17,24,29H,3,7-8,11,14-15,18-21H2,1-2H3. The predicted octanol–water partition coefficient (Wildman–Crippen LogP) is 6.47. The topological polar surface area (TPSA) is 46.1 Å². The van der Waals surface area contributed by atoms with Gasteiger partial charge in [0.2, 0.25) is 0 Å². The van der Waals surface area contributed by atoms with Gasteiger partial charge in [0.25, 0.3) is 0 Å². The van der Waals surface area contributed by atoms with E-state index in [4.69, 9.17) is 9.97 Å². The molecule has 0 N–H and O–H groups in total. The van der Waals surface area contributed by atoms with Crippen molar-refractivity contribution in [2.75, 3.05) is 13.1 Å². The van der Waals surface area contributed by atoms with E-state index in [9.17, 15) is 4.79 Å². The van der Waals surface area contributed by atoms with Crippen molar-refractivity contribution in [1.29, 1.82) is 0 Å². The molecule has 1 heterocycles. The van der Waals surface area contributed by atoms with Crippen molar-refractivity contribution >= 4 is 16.7 Å². The zero-order valence-electron chi connectivity index (χ0n) is 20.2. The molecule has 1 saturated carbocycles. The molecular weight excluding hydrogens is 406 g/mol. The molecule has 4 rings (SSSR count). The van der Waals surface area contributed by atoms with Crippen LogP contribution in [0.2, 0.25) is 0 Å². The van der Waals surface area contributed by atoms with Crippen LogP contribution < -0.4 is 0 Å². The molecule has 0 bridgehead atoms. The fourth-order valence-electron chi connectivity index (χ4n) is 5.46. The molecule has 2 aromatic carbocycles. The highest BCUT2D eigenvalue weighted by Gasteiger charge is 2.31. The van der Waals surface area contributed by atoms with E-state index >= 15 is 0 Å². The largest absolute Gasteiger partial charge is 0.299 e. The highest BCUT2D eigenvalue weighted by atomic mass is 16.1. The van der Waals surface area contributed by atoms with E-state index < -0.39 is 0 Å². The number of hydrogen-bond acceptors (Lipinski definition) is 4. The molecule has 3 aromatic rings. The average molecular weight is 444 g/mol. The SMILES string of the molecule is CCCN(CCCC(=O)C(c1ccccc1)C1CCCC1)Cc1nc(C)c2ccccc2n1. The predicted molar refractivity (Wildman–Crippen MR) is 135 cm³/mol. The number of ketones is 1. The molecule has 0 amide bonds. The molecule has 174 valence electrons. The van der Waals surface area contributed by atoms with E-state index in [1.54, 1.807) is 0 Å². The van der Waals surface area contributed by atoms with Gasteiger partial charge in [-0.05, 0) is 63.2 Å². The molecule has 0 spiro atoms. The minimum atomic E-state index is 0.0693. The first kappa shape index (κ1) is 23.6. The first-order valence-electron chi connectivity index (χ1n) is 12.7. The number of rotatable bonds is 11. The Morgan fingerprint density at radius 2 is 1.73 bits per heavy atom. The average Bonchev–Trinajstić information content (AvgIpc) is 3.34. The van der Waals surface area contributed by atoms with Crippen LogP contribution in [0.5, 0.6) is 0 Å². The molecule has 0 radical (unpaired) electrons. The van der Waals surface area contributed by atoms with E-state index in [1.807, 2.05) is 18.2 Å². The lowest BCUT2D eigenvalue weighted by Gasteiger charge is -2.24. The molecule has 1 atom stereocenters. The molecule has 1 aliphatic rings. The Hall–Kier alpha value is -2.59. The highest BCUT2D eigenvalue weighted by molar-refractivity contribution is 5.86. The first-order valence-corrected chi connectivity index (χ1v) is 12.7. The van der Waals surface area contributed by atoms with Crippen molar-refractivity contribution in [3.63, 3.8) is 0 Å². The fraction of sp³-hybridized carbons (Fsp3) is 0.483. The van der Waals surface area contributed by atoms with Gasteiger partial charge in [-0.25, -0.2) is 9.97 Å². The summed E-state index contributed by atoms with van der Waals surface area (Å²) in [6.07, 6.45) is 7.51. The van der Waals surface area contributed by atoms with Gasteiger partial charge in [0.15, 0.2) is 0 Å². The van der Waals surface area contributed by atoms with E-state index in [0.717, 1.165) is 54.9 Å². The van der Waals surface area contributed by atoms with Crippen LogP contribution in [0, 0.1) is 12.8 Å². The molecule has 1 aromatic heterocycles. The molecule has 1 fully saturated rings. The molecule has 33 heavy (non-hydrogen) atoms. The quantitative estimate of drug-likeness (QED) is 0.340. The number of Topliss-reactive ketones (excluding diaryl/α,β-unsaturated/α-hetero) is 1. The maximum absolute atomic E-state index is 13.4. The number of aromatic nitrogens is 2. The summed E-state index contributed by atoms with van der Waals surface area (Å²) in [5, 5.41) is 1.12. The van der Waals surface area contributed by atoms with E-state index in [2.05, 4.69) is 55.1 Å². The zero-order chi connectivity index (χ0) is 23.0. The monoisotopic (exact) mass is 443 g/mol. The minimum Gasteiger partial charge on any atom is -0.299 e. The summed E-state index contributed by atoms with van der Waals surface area (Å²) in [7, 11) is 0. The van der Waals surface area contributed by atoms with Crippen molar-refractivity contribution in [3.05, 3.63) is 71.7 Å². The molecule has 1 unspecified atom stereocenters. The number of aryl methyl sites for hydroxylation is 1. The van der Waals surface area contributed by atoms with Gasteiger partial charge in [-0.2, -0.15) is 0 Å². The maximum atomic E-state index is 13.4. The Bertz CT molecular complexity index is 1040. The third-order valence-electron chi connectivity index (χ3n) is 7.02. The Kier molecular flexibility index (Phi) is 8.22. The third kappa shape index (κ3) is 6.05. The van der Waals surface area contributed by atoms with Crippen molar-refractivity contribution < 1.29 is 4.79 Å². The van der Waals surface area contributed by atoms with Gasteiger partial charge in [-0.1, -0.05) is 68.3 Å². The van der Waals surface area contributed by atoms with Crippen LogP contribution in [0.25, 0.3) is 10.9 Å². The Labute approximate surface area is 198 Å². The normalized spacial score (nSPS) is 15.4. The Morgan fingerprint density at radius 3 is 2.48 bits per heavy atom. The zero-order valence-corrected chi connectivity index (χ0v) is 20.2. The second-order valence-electron chi connectivity index (χ2n) is 9.52. The maximum Gasteiger partial charge on any atom is 0.143 e. The number of nitrogens with zero attached hydrogens (tertiary/aromatic N) is 3. The highest BCUT2D eigenvalue weighted by Crippen LogP contribution is 2.38. The van der Waals surface area contributed by atoms with Gasteiger partial charge in [-0.3, -0.25) is 9.69 Å². The summed E-state index contributed by atoms with van der Waals surface area (Å²) in [4.78, 5) is 25.4. The summed E-state index contributed by atoms with van der Waals surface area (Å²) in [5.74, 6) is 1.88. The van der Waals surface area contributed by atoms with Crippen molar-refractivity contribution in [2.45, 2.75) is 71.3 Å². The van der Waals surface area contributed by atoms with Crippen LogP contribution in [-0.4, -0.2) is 33.7 Å². The van der Waals surface area contributed by atoms with Crippen LogP contribution in [0.15, 0.2) is 54.6 Å². The van der Waals surface area contributed by atoms with Crippen LogP contribution in [0.4, 0.5) is 0 Å². The molecule has 4 nitrogen and oxygen atoms in total. The molecule has 4 heteroatoms. The van der Waals surface area contributed by atoms with E-state index in [0.29, 0.717) is 18.1 Å². The summed E-state index contributed by atoms with van der Waals surface area (Å²) < 4.78 is 0.